The van der Waals surface area contributed by atoms with Gasteiger partial charge >= 0.3 is 11.7 Å². The number of aromatic nitrogens is 2. The van der Waals surface area contributed by atoms with Gasteiger partial charge in [0.25, 0.3) is 5.91 Å². The number of carbonyl (C=O) groups excluding carboxylic acids is 1. The van der Waals surface area contributed by atoms with Crippen LogP contribution in [0, 0.1) is 15.9 Å². The van der Waals surface area contributed by atoms with Crippen LogP contribution in [-0.2, 0) is 0 Å². The van der Waals surface area contributed by atoms with E-state index in [9.17, 15) is 24.1 Å². The van der Waals surface area contributed by atoms with Crippen molar-refractivity contribution in [2.75, 3.05) is 10.7 Å². The Morgan fingerprint density at radius 3 is 2.17 bits per heavy atom. The molecule has 30 heavy (non-hydrogen) atoms. The number of hydrogen-bond donors (Lipinski definition) is 4. The molecule has 0 spiro atoms. The minimum absolute atomic E-state index is 0.0450. The van der Waals surface area contributed by atoms with Crippen molar-refractivity contribution in [3.05, 3.63) is 81.9 Å². The smallest absolute Gasteiger partial charge is 0.355 e. The van der Waals surface area contributed by atoms with Crippen molar-refractivity contribution >= 4 is 34.9 Å². The number of aromatic carboxylic acids is 1. The average Bonchev–Trinajstić information content (AvgIpc) is 2.72. The highest BCUT2D eigenvalue weighted by Gasteiger charge is 2.24. The second-order valence-corrected chi connectivity index (χ2v) is 5.77. The molecule has 12 heteroatoms. The fraction of sp³-hybridized carbons (Fsp3) is 0. The standard InChI is InChI=1S/C18H13FN6O5/c19-12-5-1-10(2-6-12)17(26)24-23-16-14(25(29)30)15(20-9-21-16)22-13-7-3-11(4-8-13)18(27)28/h1-9H,(H,24,26)(H,27,28)(H2,20,21,22,23). The first-order valence-corrected chi connectivity index (χ1v) is 8.27. The summed E-state index contributed by atoms with van der Waals surface area (Å²) in [7, 11) is 0. The van der Waals surface area contributed by atoms with E-state index in [1.54, 1.807) is 0 Å². The van der Waals surface area contributed by atoms with E-state index >= 15 is 0 Å². The molecule has 0 bridgehead atoms. The molecule has 1 aromatic heterocycles. The average molecular weight is 412 g/mol. The molecule has 1 amide bonds. The number of nitrogens with one attached hydrogen (secondary N) is 3. The highest BCUT2D eigenvalue weighted by molar-refractivity contribution is 5.95. The molecule has 0 aliphatic carbocycles. The van der Waals surface area contributed by atoms with Crippen LogP contribution in [0.15, 0.2) is 54.9 Å². The fourth-order valence-electron chi connectivity index (χ4n) is 2.36. The van der Waals surface area contributed by atoms with Gasteiger partial charge in [0.1, 0.15) is 12.1 Å². The molecule has 1 heterocycles. The summed E-state index contributed by atoms with van der Waals surface area (Å²) in [4.78, 5) is 41.4. The third-order valence-electron chi connectivity index (χ3n) is 3.80. The molecular weight excluding hydrogens is 399 g/mol. The molecule has 3 aromatic rings. The number of amides is 1. The van der Waals surface area contributed by atoms with E-state index in [0.717, 1.165) is 18.5 Å². The van der Waals surface area contributed by atoms with Crippen molar-refractivity contribution in [1.82, 2.24) is 15.4 Å². The maximum Gasteiger partial charge on any atom is 0.355 e. The van der Waals surface area contributed by atoms with Gasteiger partial charge in [-0.2, -0.15) is 0 Å². The Kier molecular flexibility index (Phi) is 5.77. The predicted octanol–water partition coefficient (Wildman–Crippen LogP) is 2.72. The van der Waals surface area contributed by atoms with E-state index in [1.165, 1.54) is 36.4 Å². The molecule has 0 aliphatic heterocycles. The van der Waals surface area contributed by atoms with Crippen molar-refractivity contribution in [3.8, 4) is 0 Å². The van der Waals surface area contributed by atoms with Gasteiger partial charge in [0.05, 0.1) is 10.5 Å². The lowest BCUT2D eigenvalue weighted by Gasteiger charge is -2.11. The summed E-state index contributed by atoms with van der Waals surface area (Å²) >= 11 is 0. The highest BCUT2D eigenvalue weighted by Crippen LogP contribution is 2.30. The molecule has 0 aliphatic rings. The molecule has 0 radical (unpaired) electrons. The van der Waals surface area contributed by atoms with Crippen LogP contribution < -0.4 is 16.2 Å². The summed E-state index contributed by atoms with van der Waals surface area (Å²) in [5, 5.41) is 23.2. The van der Waals surface area contributed by atoms with E-state index < -0.39 is 28.3 Å². The molecule has 4 N–H and O–H groups in total. The van der Waals surface area contributed by atoms with Gasteiger partial charge < -0.3 is 10.4 Å². The van der Waals surface area contributed by atoms with Crippen LogP contribution in [0.4, 0.5) is 27.4 Å². The number of nitrogens with zero attached hydrogens (tertiary/aromatic N) is 3. The summed E-state index contributed by atoms with van der Waals surface area (Å²) in [6, 6.07) is 10.2. The van der Waals surface area contributed by atoms with Crippen molar-refractivity contribution in [2.45, 2.75) is 0 Å². The van der Waals surface area contributed by atoms with Gasteiger partial charge in [-0.25, -0.2) is 19.2 Å². The number of carboxylic acids is 1. The third kappa shape index (κ3) is 4.62. The lowest BCUT2D eigenvalue weighted by molar-refractivity contribution is -0.383. The summed E-state index contributed by atoms with van der Waals surface area (Å²) in [5.74, 6) is -2.77. The van der Waals surface area contributed by atoms with E-state index in [0.29, 0.717) is 5.69 Å². The number of benzene rings is 2. The zero-order chi connectivity index (χ0) is 21.7. The summed E-state index contributed by atoms with van der Waals surface area (Å²) < 4.78 is 13.0. The molecule has 0 saturated carbocycles. The monoisotopic (exact) mass is 412 g/mol. The number of anilines is 3. The van der Waals surface area contributed by atoms with Crippen LogP contribution in [-0.4, -0.2) is 31.9 Å². The zero-order valence-electron chi connectivity index (χ0n) is 15.0. The molecule has 2 aromatic carbocycles. The van der Waals surface area contributed by atoms with Gasteiger partial charge in [-0.1, -0.05) is 0 Å². The first kappa shape index (κ1) is 20.1. The third-order valence-corrected chi connectivity index (χ3v) is 3.80. The van der Waals surface area contributed by atoms with Crippen LogP contribution in [0.2, 0.25) is 0 Å². The largest absolute Gasteiger partial charge is 0.478 e. The van der Waals surface area contributed by atoms with Gasteiger partial charge in [0.15, 0.2) is 0 Å². The van der Waals surface area contributed by atoms with Gasteiger partial charge in [-0.3, -0.25) is 25.8 Å². The molecule has 0 saturated heterocycles. The maximum atomic E-state index is 13.0. The van der Waals surface area contributed by atoms with Crippen molar-refractivity contribution in [3.63, 3.8) is 0 Å². The Bertz CT molecular complexity index is 1110. The Balaban J connectivity index is 1.80. The minimum Gasteiger partial charge on any atom is -0.478 e. The first-order valence-electron chi connectivity index (χ1n) is 8.27. The van der Waals surface area contributed by atoms with Crippen LogP contribution >= 0.6 is 0 Å². The first-order chi connectivity index (χ1) is 14.3. The Hall–Kier alpha value is -4.61. The number of halogens is 1. The molecule has 0 atom stereocenters. The van der Waals surface area contributed by atoms with E-state index in [4.69, 9.17) is 5.11 Å². The Labute approximate surface area is 167 Å². The number of rotatable bonds is 7. The van der Waals surface area contributed by atoms with E-state index in [2.05, 4.69) is 26.1 Å². The SMILES string of the molecule is O=C(O)c1ccc(Nc2ncnc(NNC(=O)c3ccc(F)cc3)c2[N+](=O)[O-])cc1. The molecule has 11 nitrogen and oxygen atoms in total. The molecular formula is C18H13FN6O5. The van der Waals surface area contributed by atoms with Crippen LogP contribution in [0.1, 0.15) is 20.7 Å². The summed E-state index contributed by atoms with van der Waals surface area (Å²) in [6.45, 7) is 0. The van der Waals surface area contributed by atoms with Crippen LogP contribution in [0.3, 0.4) is 0 Å². The molecule has 0 fully saturated rings. The number of hydrazine groups is 1. The Morgan fingerprint density at radius 2 is 1.57 bits per heavy atom. The highest BCUT2D eigenvalue weighted by atomic mass is 19.1. The van der Waals surface area contributed by atoms with Crippen molar-refractivity contribution in [1.29, 1.82) is 0 Å². The topological polar surface area (TPSA) is 159 Å². The number of carbonyl (C=O) groups is 2. The van der Waals surface area contributed by atoms with Crippen LogP contribution in [0.5, 0.6) is 0 Å². The predicted molar refractivity (Wildman–Crippen MR) is 103 cm³/mol. The zero-order valence-corrected chi connectivity index (χ0v) is 15.0. The minimum atomic E-state index is -1.11. The van der Waals surface area contributed by atoms with Gasteiger partial charge in [0, 0.05) is 11.3 Å². The van der Waals surface area contributed by atoms with E-state index in [-0.39, 0.29) is 22.8 Å². The van der Waals surface area contributed by atoms with Gasteiger partial charge in [0.2, 0.25) is 11.6 Å². The second-order valence-electron chi connectivity index (χ2n) is 5.77. The summed E-state index contributed by atoms with van der Waals surface area (Å²) in [5.41, 5.74) is 4.56. The van der Waals surface area contributed by atoms with Crippen molar-refractivity contribution < 1.29 is 24.0 Å². The molecule has 0 unspecified atom stereocenters. The summed E-state index contributed by atoms with van der Waals surface area (Å²) in [6.07, 6.45) is 1.04. The molecule has 152 valence electrons. The number of carboxylic acid groups (broad SMARTS) is 1. The lowest BCUT2D eigenvalue weighted by atomic mass is 10.2. The number of hydrogen-bond acceptors (Lipinski definition) is 8. The normalized spacial score (nSPS) is 10.2. The number of nitro groups is 1. The lowest BCUT2D eigenvalue weighted by Crippen LogP contribution is -2.30. The quantitative estimate of drug-likeness (QED) is 0.338. The van der Waals surface area contributed by atoms with Crippen molar-refractivity contribution in [2.24, 2.45) is 0 Å². The maximum absolute atomic E-state index is 13.0. The van der Waals surface area contributed by atoms with Gasteiger partial charge in [-0.15, -0.1) is 0 Å². The van der Waals surface area contributed by atoms with Crippen LogP contribution in [0.25, 0.3) is 0 Å². The van der Waals surface area contributed by atoms with Gasteiger partial charge in [-0.05, 0) is 48.5 Å². The Morgan fingerprint density at radius 1 is 0.967 bits per heavy atom. The molecule has 3 rings (SSSR count). The second kappa shape index (κ2) is 8.60. The van der Waals surface area contributed by atoms with E-state index in [1.807, 2.05) is 0 Å². The fourth-order valence-corrected chi connectivity index (χ4v) is 2.36.